The van der Waals surface area contributed by atoms with E-state index in [0.717, 1.165) is 22.5 Å². The lowest BCUT2D eigenvalue weighted by Gasteiger charge is -2.08. The molecule has 2 aromatic heterocycles. The first-order chi connectivity index (χ1) is 15.5. The van der Waals surface area contributed by atoms with Gasteiger partial charge in [-0.1, -0.05) is 52.9 Å². The minimum absolute atomic E-state index is 0.153. The summed E-state index contributed by atoms with van der Waals surface area (Å²) in [5.74, 6) is 0.402. The van der Waals surface area contributed by atoms with E-state index in [1.54, 1.807) is 16.8 Å². The van der Waals surface area contributed by atoms with Crippen LogP contribution in [0.1, 0.15) is 16.8 Å². The monoisotopic (exact) mass is 468 g/mol. The van der Waals surface area contributed by atoms with Crippen LogP contribution in [0.4, 0.5) is 15.3 Å². The fraction of sp³-hybridized carbons (Fsp3) is 0.182. The van der Waals surface area contributed by atoms with Crippen LogP contribution in [0.2, 0.25) is 0 Å². The summed E-state index contributed by atoms with van der Waals surface area (Å²) in [5, 5.41) is 19.4. The Bertz CT molecular complexity index is 1200. The van der Waals surface area contributed by atoms with Gasteiger partial charge in [-0.25, -0.2) is 9.07 Å². The van der Waals surface area contributed by atoms with Crippen molar-refractivity contribution in [3.63, 3.8) is 0 Å². The van der Waals surface area contributed by atoms with Gasteiger partial charge in [0.25, 0.3) is 0 Å². The maximum Gasteiger partial charge on any atom is 0.235 e. The maximum atomic E-state index is 13.0. The van der Waals surface area contributed by atoms with E-state index in [4.69, 9.17) is 0 Å². The number of hydrogen-bond donors (Lipinski definition) is 2. The van der Waals surface area contributed by atoms with E-state index in [1.165, 1.54) is 35.2 Å². The minimum atomic E-state index is -0.265. The molecule has 0 bridgehead atoms. The molecule has 10 heteroatoms. The number of hydrogen-bond acceptors (Lipinski definition) is 7. The number of thioether (sulfide) groups is 1. The molecule has 2 aromatic carbocycles. The van der Waals surface area contributed by atoms with Crippen molar-refractivity contribution in [2.24, 2.45) is 0 Å². The second-order valence-corrected chi connectivity index (χ2v) is 9.31. The molecule has 0 aliphatic heterocycles. The quantitative estimate of drug-likeness (QED) is 0.361. The zero-order chi connectivity index (χ0) is 22.5. The maximum absolute atomic E-state index is 13.0. The Balaban J connectivity index is 1.31. The molecule has 7 nitrogen and oxygen atoms in total. The summed E-state index contributed by atoms with van der Waals surface area (Å²) < 4.78 is 15.4. The molecule has 0 radical (unpaired) electrons. The molecule has 0 aliphatic rings. The van der Waals surface area contributed by atoms with E-state index in [2.05, 4.69) is 25.9 Å². The highest BCUT2D eigenvalue weighted by Crippen LogP contribution is 2.26. The summed E-state index contributed by atoms with van der Waals surface area (Å²) in [5.41, 5.74) is 3.79. The molecule has 164 valence electrons. The van der Waals surface area contributed by atoms with Crippen molar-refractivity contribution >= 4 is 40.0 Å². The van der Waals surface area contributed by atoms with E-state index < -0.39 is 0 Å². The van der Waals surface area contributed by atoms with Crippen LogP contribution in [-0.4, -0.2) is 31.6 Å². The molecular weight excluding hydrogens is 447 g/mol. The van der Waals surface area contributed by atoms with Crippen LogP contribution in [0.5, 0.6) is 0 Å². The average molecular weight is 469 g/mol. The Morgan fingerprint density at radius 3 is 2.59 bits per heavy atom. The van der Waals surface area contributed by atoms with Crippen LogP contribution in [0, 0.1) is 19.7 Å². The minimum Gasteiger partial charge on any atom is -0.356 e. The molecule has 0 aliphatic carbocycles. The Hall–Kier alpha value is -3.24. The predicted octanol–water partition coefficient (Wildman–Crippen LogP) is 4.82. The summed E-state index contributed by atoms with van der Waals surface area (Å²) in [6.45, 7) is 4.43. The number of rotatable bonds is 8. The largest absolute Gasteiger partial charge is 0.356 e. The van der Waals surface area contributed by atoms with Crippen molar-refractivity contribution < 1.29 is 9.18 Å². The number of anilines is 2. The van der Waals surface area contributed by atoms with Crippen molar-refractivity contribution in [1.82, 2.24) is 20.0 Å². The summed E-state index contributed by atoms with van der Waals surface area (Å²) >= 11 is 2.68. The lowest BCUT2D eigenvalue weighted by atomic mass is 10.2. The van der Waals surface area contributed by atoms with Gasteiger partial charge in [-0.05, 0) is 43.7 Å². The van der Waals surface area contributed by atoms with Gasteiger partial charge >= 0.3 is 0 Å². The molecule has 0 unspecified atom stereocenters. The molecule has 1 amide bonds. The van der Waals surface area contributed by atoms with Gasteiger partial charge in [0.2, 0.25) is 11.0 Å². The van der Waals surface area contributed by atoms with E-state index >= 15 is 0 Å². The van der Waals surface area contributed by atoms with Gasteiger partial charge in [0.05, 0.1) is 17.1 Å². The van der Waals surface area contributed by atoms with Crippen molar-refractivity contribution in [1.29, 1.82) is 0 Å². The van der Waals surface area contributed by atoms with Gasteiger partial charge in [-0.15, -0.1) is 10.2 Å². The molecular formula is C22H21FN6OS2. The second-order valence-electron chi connectivity index (χ2n) is 7.11. The first-order valence-corrected chi connectivity index (χ1v) is 11.6. The molecule has 0 atom stereocenters. The Labute approximate surface area is 193 Å². The van der Waals surface area contributed by atoms with Gasteiger partial charge in [-0.2, -0.15) is 5.10 Å². The van der Waals surface area contributed by atoms with Crippen LogP contribution in [0.25, 0.3) is 5.69 Å². The SMILES string of the molecule is Cc1ccc(-n2nc(C)cc2NC(=O)CSc2nnc(NCc3ccc(F)cc3)s2)cc1. The number of carbonyl (C=O) groups excluding carboxylic acids is 1. The van der Waals surface area contributed by atoms with E-state index in [1.807, 2.05) is 44.2 Å². The smallest absolute Gasteiger partial charge is 0.235 e. The summed E-state index contributed by atoms with van der Waals surface area (Å²) in [6, 6.07) is 16.0. The fourth-order valence-corrected chi connectivity index (χ4v) is 4.44. The number of nitrogens with one attached hydrogen (secondary N) is 2. The summed E-state index contributed by atoms with van der Waals surface area (Å²) in [4.78, 5) is 12.5. The number of amides is 1. The van der Waals surface area contributed by atoms with Gasteiger partial charge in [0.1, 0.15) is 11.6 Å². The summed E-state index contributed by atoms with van der Waals surface area (Å²) in [6.07, 6.45) is 0. The lowest BCUT2D eigenvalue weighted by Crippen LogP contribution is -2.16. The highest BCUT2D eigenvalue weighted by molar-refractivity contribution is 8.01. The third-order valence-corrected chi connectivity index (χ3v) is 6.48. The normalized spacial score (nSPS) is 10.8. The molecule has 4 aromatic rings. The van der Waals surface area contributed by atoms with E-state index in [0.29, 0.717) is 21.8 Å². The predicted molar refractivity (Wildman–Crippen MR) is 126 cm³/mol. The Kier molecular flexibility index (Phi) is 6.81. The number of nitrogens with zero attached hydrogens (tertiary/aromatic N) is 4. The first-order valence-electron chi connectivity index (χ1n) is 9.84. The zero-order valence-corrected chi connectivity index (χ0v) is 19.1. The van der Waals surface area contributed by atoms with E-state index in [9.17, 15) is 9.18 Å². The van der Waals surface area contributed by atoms with Gasteiger partial charge in [-0.3, -0.25) is 4.79 Å². The Morgan fingerprint density at radius 1 is 1.09 bits per heavy atom. The molecule has 0 saturated heterocycles. The number of benzene rings is 2. The highest BCUT2D eigenvalue weighted by Gasteiger charge is 2.13. The highest BCUT2D eigenvalue weighted by atomic mass is 32.2. The van der Waals surface area contributed by atoms with Crippen LogP contribution in [0.15, 0.2) is 58.9 Å². The molecule has 32 heavy (non-hydrogen) atoms. The number of aromatic nitrogens is 4. The third kappa shape index (κ3) is 5.71. The van der Waals surface area contributed by atoms with E-state index in [-0.39, 0.29) is 17.5 Å². The molecule has 0 fully saturated rings. The summed E-state index contributed by atoms with van der Waals surface area (Å²) in [7, 11) is 0. The number of carbonyl (C=O) groups is 1. The van der Waals surface area contributed by atoms with Crippen molar-refractivity contribution in [2.75, 3.05) is 16.4 Å². The molecule has 0 saturated carbocycles. The molecule has 4 rings (SSSR count). The van der Waals surface area contributed by atoms with Crippen LogP contribution in [0.3, 0.4) is 0 Å². The standard InChI is InChI=1S/C22H21FN6OS2/c1-14-3-9-18(10-4-14)29-19(11-15(2)28-29)25-20(30)13-31-22-27-26-21(32-22)24-12-16-5-7-17(23)8-6-16/h3-11H,12-13H2,1-2H3,(H,24,26)(H,25,30). The lowest BCUT2D eigenvalue weighted by molar-refractivity contribution is -0.113. The third-order valence-electron chi connectivity index (χ3n) is 4.47. The first kappa shape index (κ1) is 22.0. The number of halogens is 1. The average Bonchev–Trinajstić information content (AvgIpc) is 3.38. The van der Waals surface area contributed by atoms with Gasteiger partial charge in [0.15, 0.2) is 4.34 Å². The van der Waals surface area contributed by atoms with Crippen molar-refractivity contribution in [3.8, 4) is 5.69 Å². The van der Waals surface area contributed by atoms with Gasteiger partial charge < -0.3 is 10.6 Å². The Morgan fingerprint density at radius 2 is 1.84 bits per heavy atom. The van der Waals surface area contributed by atoms with Crippen LogP contribution >= 0.6 is 23.1 Å². The molecule has 2 heterocycles. The van der Waals surface area contributed by atoms with Crippen molar-refractivity contribution in [3.05, 3.63) is 77.2 Å². The second kappa shape index (κ2) is 9.92. The molecule has 2 N–H and O–H groups in total. The zero-order valence-electron chi connectivity index (χ0n) is 17.5. The van der Waals surface area contributed by atoms with Gasteiger partial charge in [0, 0.05) is 12.6 Å². The van der Waals surface area contributed by atoms with Crippen LogP contribution < -0.4 is 10.6 Å². The number of aryl methyl sites for hydroxylation is 2. The van der Waals surface area contributed by atoms with Crippen molar-refractivity contribution in [2.45, 2.75) is 24.7 Å². The van der Waals surface area contributed by atoms with Crippen LogP contribution in [-0.2, 0) is 11.3 Å². The topological polar surface area (TPSA) is 84.7 Å². The fourth-order valence-electron chi connectivity index (χ4n) is 2.90. The molecule has 0 spiro atoms.